The zero-order chi connectivity index (χ0) is 23.6. The van der Waals surface area contributed by atoms with Crippen LogP contribution in [0, 0.1) is 11.3 Å². The Morgan fingerprint density at radius 2 is 1.70 bits per heavy atom. The number of nitrogens with zero attached hydrogens (tertiary/aromatic N) is 2. The van der Waals surface area contributed by atoms with Gasteiger partial charge in [0.25, 0.3) is 0 Å². The predicted octanol–water partition coefficient (Wildman–Crippen LogP) is 6.28. The third-order valence-corrected chi connectivity index (χ3v) is 7.07. The van der Waals surface area contributed by atoms with E-state index in [0.717, 1.165) is 33.2 Å². The van der Waals surface area contributed by atoms with Gasteiger partial charge in [-0.25, -0.2) is 8.42 Å². The van der Waals surface area contributed by atoms with Crippen molar-refractivity contribution in [3.05, 3.63) is 95.7 Å². The van der Waals surface area contributed by atoms with Crippen molar-refractivity contribution in [3.63, 3.8) is 0 Å². The van der Waals surface area contributed by atoms with Gasteiger partial charge in [0, 0.05) is 23.4 Å². The van der Waals surface area contributed by atoms with E-state index >= 15 is 0 Å². The Morgan fingerprint density at radius 3 is 2.36 bits per heavy atom. The highest BCUT2D eigenvalue weighted by Gasteiger charge is 2.16. The molecule has 1 heterocycles. The Kier molecular flexibility index (Phi) is 6.31. The molecule has 0 fully saturated rings. The quantitative estimate of drug-likeness (QED) is 0.344. The van der Waals surface area contributed by atoms with Gasteiger partial charge in [-0.3, -0.25) is 4.98 Å². The van der Waals surface area contributed by atoms with Gasteiger partial charge < -0.3 is 0 Å². The lowest BCUT2D eigenvalue weighted by molar-refractivity contribution is 0.602. The van der Waals surface area contributed by atoms with E-state index < -0.39 is 9.84 Å². The summed E-state index contributed by atoms with van der Waals surface area (Å²) in [6.07, 6.45) is 3.51. The smallest absolute Gasteiger partial charge is 0.175 e. The molecule has 1 aromatic heterocycles. The van der Waals surface area contributed by atoms with E-state index in [4.69, 9.17) is 0 Å². The minimum atomic E-state index is -3.24. The summed E-state index contributed by atoms with van der Waals surface area (Å²) in [7, 11) is -3.24. The Morgan fingerprint density at radius 1 is 0.939 bits per heavy atom. The van der Waals surface area contributed by atoms with Gasteiger partial charge in [-0.05, 0) is 71.0 Å². The number of hydrogen-bond donors (Lipinski definition) is 0. The van der Waals surface area contributed by atoms with Crippen LogP contribution in [0.2, 0.25) is 0 Å². The second-order valence-electron chi connectivity index (χ2n) is 8.73. The topological polar surface area (TPSA) is 70.8 Å². The summed E-state index contributed by atoms with van der Waals surface area (Å²) in [6.45, 7) is 4.36. The van der Waals surface area contributed by atoms with E-state index in [1.807, 2.05) is 24.4 Å². The molecule has 33 heavy (non-hydrogen) atoms. The average Bonchev–Trinajstić information content (AvgIpc) is 2.81. The molecule has 0 aliphatic rings. The molecule has 0 saturated carbocycles. The fourth-order valence-electron chi connectivity index (χ4n) is 4.04. The molecule has 0 aliphatic heterocycles. The summed E-state index contributed by atoms with van der Waals surface area (Å²) >= 11 is 0. The summed E-state index contributed by atoms with van der Waals surface area (Å²) in [6, 6.07) is 25.7. The minimum absolute atomic E-state index is 0.283. The molecule has 5 heteroatoms. The number of fused-ring (bicyclic) bond motifs is 1. The molecule has 0 spiro atoms. The lowest BCUT2D eigenvalue weighted by Crippen LogP contribution is -2.02. The van der Waals surface area contributed by atoms with Gasteiger partial charge in [-0.1, -0.05) is 50.2 Å². The molecular weight excluding hydrogens is 428 g/mol. The number of hydrogen-bond acceptors (Lipinski definition) is 4. The van der Waals surface area contributed by atoms with Crippen molar-refractivity contribution < 1.29 is 8.42 Å². The number of rotatable bonds is 6. The van der Waals surface area contributed by atoms with E-state index in [0.29, 0.717) is 12.3 Å². The summed E-state index contributed by atoms with van der Waals surface area (Å²) in [4.78, 5) is 4.92. The van der Waals surface area contributed by atoms with Crippen molar-refractivity contribution in [2.24, 2.45) is 0 Å². The van der Waals surface area contributed by atoms with Crippen molar-refractivity contribution in [2.75, 3.05) is 6.26 Å². The Balaban J connectivity index is 1.71. The summed E-state index contributed by atoms with van der Waals surface area (Å²) < 4.78 is 23.4. The van der Waals surface area contributed by atoms with Crippen molar-refractivity contribution in [2.45, 2.75) is 37.0 Å². The molecule has 0 N–H and O–H groups in total. The first kappa shape index (κ1) is 22.7. The third-order valence-electron chi connectivity index (χ3n) is 5.94. The molecule has 0 saturated heterocycles. The number of sulfone groups is 1. The van der Waals surface area contributed by atoms with E-state index in [1.54, 1.807) is 24.3 Å². The molecule has 0 radical (unpaired) electrons. The number of aromatic nitrogens is 1. The molecule has 1 atom stereocenters. The SMILES string of the molecule is CC(C)c1cc(-c2cccc(C(C#N)Cc3ccc(S(C)(=O)=O)cc3)c2)c2ncccc2c1. The first-order valence-electron chi connectivity index (χ1n) is 10.9. The summed E-state index contributed by atoms with van der Waals surface area (Å²) in [5, 5.41) is 11.0. The predicted molar refractivity (Wildman–Crippen MR) is 133 cm³/mol. The highest BCUT2D eigenvalue weighted by molar-refractivity contribution is 7.90. The van der Waals surface area contributed by atoms with E-state index in [2.05, 4.69) is 55.2 Å². The van der Waals surface area contributed by atoms with E-state index in [1.165, 1.54) is 11.8 Å². The monoisotopic (exact) mass is 454 g/mol. The van der Waals surface area contributed by atoms with E-state index in [9.17, 15) is 13.7 Å². The molecule has 1 unspecified atom stereocenters. The van der Waals surface area contributed by atoms with Crippen molar-refractivity contribution in [1.82, 2.24) is 4.98 Å². The number of pyridine rings is 1. The molecule has 0 aliphatic carbocycles. The van der Waals surface area contributed by atoms with Crippen LogP contribution in [-0.4, -0.2) is 19.7 Å². The Labute approximate surface area is 195 Å². The van der Waals surface area contributed by atoms with Crippen molar-refractivity contribution >= 4 is 20.7 Å². The largest absolute Gasteiger partial charge is 0.256 e. The maximum absolute atomic E-state index is 11.7. The molecule has 4 rings (SSSR count). The fourth-order valence-corrected chi connectivity index (χ4v) is 4.67. The highest BCUT2D eigenvalue weighted by Crippen LogP contribution is 2.33. The van der Waals surface area contributed by atoms with Crippen molar-refractivity contribution in [3.8, 4) is 17.2 Å². The van der Waals surface area contributed by atoms with Crippen LogP contribution in [0.1, 0.15) is 42.4 Å². The second kappa shape index (κ2) is 9.17. The van der Waals surface area contributed by atoms with Crippen LogP contribution >= 0.6 is 0 Å². The van der Waals surface area contributed by atoms with Crippen LogP contribution < -0.4 is 0 Å². The standard InChI is InChI=1S/C28H26N2O2S/c1-19(2)24-16-23-8-5-13-30-28(23)27(17-24)22-7-4-6-21(15-22)25(18-29)14-20-9-11-26(12-10-20)33(3,31)32/h4-13,15-17,19,25H,14H2,1-3H3. The zero-order valence-corrected chi connectivity index (χ0v) is 19.8. The first-order chi connectivity index (χ1) is 15.8. The van der Waals surface area contributed by atoms with Gasteiger partial charge in [0.05, 0.1) is 22.4 Å². The average molecular weight is 455 g/mol. The zero-order valence-electron chi connectivity index (χ0n) is 19.0. The summed E-state index contributed by atoms with van der Waals surface area (Å²) in [5.74, 6) is 0.0415. The number of nitriles is 1. The second-order valence-corrected chi connectivity index (χ2v) is 10.7. The molecule has 0 bridgehead atoms. The lowest BCUT2D eigenvalue weighted by Gasteiger charge is -2.15. The molecule has 4 aromatic rings. The van der Waals surface area contributed by atoms with Crippen LogP contribution in [0.4, 0.5) is 0 Å². The normalized spacial score (nSPS) is 12.6. The molecule has 4 nitrogen and oxygen atoms in total. The van der Waals surface area contributed by atoms with Crippen LogP contribution in [0.15, 0.2) is 83.9 Å². The Hall–Kier alpha value is -3.49. The Bertz CT molecular complexity index is 1450. The first-order valence-corrected chi connectivity index (χ1v) is 12.8. The van der Waals surface area contributed by atoms with Crippen LogP contribution in [-0.2, 0) is 16.3 Å². The maximum atomic E-state index is 11.7. The van der Waals surface area contributed by atoms with Crippen LogP contribution in [0.25, 0.3) is 22.0 Å². The van der Waals surface area contributed by atoms with E-state index in [-0.39, 0.29) is 10.8 Å². The molecular formula is C28H26N2O2S. The number of benzene rings is 3. The van der Waals surface area contributed by atoms with Gasteiger partial charge in [0.2, 0.25) is 0 Å². The van der Waals surface area contributed by atoms with Gasteiger partial charge in [-0.2, -0.15) is 5.26 Å². The van der Waals surface area contributed by atoms with Gasteiger partial charge in [0.1, 0.15) is 0 Å². The molecule has 0 amide bonds. The van der Waals surface area contributed by atoms with Crippen molar-refractivity contribution in [1.29, 1.82) is 5.26 Å². The minimum Gasteiger partial charge on any atom is -0.256 e. The molecule has 3 aromatic carbocycles. The van der Waals surface area contributed by atoms with Gasteiger partial charge >= 0.3 is 0 Å². The van der Waals surface area contributed by atoms with Gasteiger partial charge in [-0.15, -0.1) is 0 Å². The molecule has 166 valence electrons. The third kappa shape index (κ3) is 4.97. The maximum Gasteiger partial charge on any atom is 0.175 e. The lowest BCUT2D eigenvalue weighted by atomic mass is 9.89. The van der Waals surface area contributed by atoms with Crippen LogP contribution in [0.5, 0.6) is 0 Å². The fraction of sp³-hybridized carbons (Fsp3) is 0.214. The van der Waals surface area contributed by atoms with Gasteiger partial charge in [0.15, 0.2) is 9.84 Å². The summed E-state index contributed by atoms with van der Waals surface area (Å²) in [5.41, 5.74) is 6.15. The highest BCUT2D eigenvalue weighted by atomic mass is 32.2. The van der Waals surface area contributed by atoms with Crippen LogP contribution in [0.3, 0.4) is 0 Å².